The smallest absolute Gasteiger partial charge is 0.240 e. The van der Waals surface area contributed by atoms with Crippen molar-refractivity contribution in [1.29, 1.82) is 5.41 Å². The third kappa shape index (κ3) is 8.72. The Kier molecular flexibility index (Phi) is 13.3. The van der Waals surface area contributed by atoms with Crippen molar-refractivity contribution in [1.82, 2.24) is 10.2 Å². The maximum absolute atomic E-state index is 14.6. The average Bonchev–Trinajstić information content (AvgIpc) is 2.95. The molecule has 0 aromatic heterocycles. The first kappa shape index (κ1) is 32.2. The number of primary amides is 1. The zero-order valence-corrected chi connectivity index (χ0v) is 25.6. The lowest BCUT2D eigenvalue weighted by Crippen LogP contribution is -2.51. The highest BCUT2D eigenvalue weighted by Gasteiger charge is 2.37. The molecule has 4 N–H and O–H groups in total. The number of nitrogens with two attached hydrogens (primary N) is 1. The highest BCUT2D eigenvalue weighted by molar-refractivity contribution is 14.0. The molecule has 7 nitrogen and oxygen atoms in total. The van der Waals surface area contributed by atoms with Crippen molar-refractivity contribution in [2.75, 3.05) is 19.9 Å². The number of nitrogens with zero attached hydrogens (tertiary/aromatic N) is 1. The predicted octanol–water partition coefficient (Wildman–Crippen LogP) is 5.56. The summed E-state index contributed by atoms with van der Waals surface area (Å²) in [6.07, 6.45) is 2.76. The second-order valence-corrected chi connectivity index (χ2v) is 9.79. The number of hydrogen-bond acceptors (Lipinski definition) is 5. The van der Waals surface area contributed by atoms with Crippen LogP contribution in [0, 0.1) is 5.41 Å². The minimum absolute atomic E-state index is 0. The lowest BCUT2D eigenvalue weighted by Gasteiger charge is -2.38. The summed E-state index contributed by atoms with van der Waals surface area (Å²) in [6, 6.07) is 25.4. The number of carbonyl (C=O) groups is 2. The number of nitrogens with one attached hydrogen (secondary N) is 2. The van der Waals surface area contributed by atoms with Crippen molar-refractivity contribution in [3.63, 3.8) is 0 Å². The van der Waals surface area contributed by atoms with Crippen molar-refractivity contribution in [3.05, 3.63) is 102 Å². The van der Waals surface area contributed by atoms with Gasteiger partial charge in [-0.2, -0.15) is 0 Å². The number of amidine groups is 1. The molecule has 0 spiro atoms. The van der Waals surface area contributed by atoms with E-state index in [-0.39, 0.29) is 29.9 Å². The topological polar surface area (TPSA) is 109 Å². The van der Waals surface area contributed by atoms with E-state index in [0.717, 1.165) is 16.7 Å². The number of thioether (sulfide) groups is 1. The first-order chi connectivity index (χ1) is 18.4. The fraction of sp³-hybridized carbons (Fsp3) is 0.300. The molecule has 2 atom stereocenters. The fourth-order valence-electron chi connectivity index (χ4n) is 4.56. The van der Waals surface area contributed by atoms with E-state index >= 15 is 0 Å². The average molecular weight is 661 g/mol. The van der Waals surface area contributed by atoms with Crippen molar-refractivity contribution in [2.45, 2.75) is 37.8 Å². The van der Waals surface area contributed by atoms with Gasteiger partial charge >= 0.3 is 0 Å². The third-order valence-corrected chi connectivity index (χ3v) is 7.14. The molecule has 0 heterocycles. The molecule has 3 rings (SSSR count). The summed E-state index contributed by atoms with van der Waals surface area (Å²) < 4.78 is 5.31. The van der Waals surface area contributed by atoms with Gasteiger partial charge in [-0.25, -0.2) is 0 Å². The largest absolute Gasteiger partial charge is 0.497 e. The molecular weight excluding hydrogens is 623 g/mol. The SMILES string of the molecule is COc1ccc([C@@H](C)N(C(=O)C(c2ccccc2)c2ccccc2)[C@H](CCCNC(=N)SC)C(N)=O)cc1.I. The molecule has 39 heavy (non-hydrogen) atoms. The number of rotatable bonds is 12. The monoisotopic (exact) mass is 660 g/mol. The van der Waals surface area contributed by atoms with Gasteiger partial charge in [0.15, 0.2) is 5.17 Å². The van der Waals surface area contributed by atoms with E-state index in [4.69, 9.17) is 15.9 Å². The van der Waals surface area contributed by atoms with E-state index < -0.39 is 23.9 Å². The van der Waals surface area contributed by atoms with Gasteiger partial charge in [0.25, 0.3) is 0 Å². The molecule has 9 heteroatoms. The molecule has 0 radical (unpaired) electrons. The minimum atomic E-state index is -0.834. The van der Waals surface area contributed by atoms with Crippen LogP contribution in [-0.2, 0) is 9.59 Å². The van der Waals surface area contributed by atoms with Gasteiger partial charge < -0.3 is 20.7 Å². The van der Waals surface area contributed by atoms with Crippen molar-refractivity contribution >= 4 is 52.7 Å². The van der Waals surface area contributed by atoms with Gasteiger partial charge in [-0.3, -0.25) is 15.0 Å². The Morgan fingerprint density at radius 2 is 1.49 bits per heavy atom. The quantitative estimate of drug-likeness (QED) is 0.102. The number of halogens is 1. The molecule has 0 fully saturated rings. The molecule has 3 aromatic carbocycles. The lowest BCUT2D eigenvalue weighted by atomic mass is 9.88. The van der Waals surface area contributed by atoms with E-state index in [2.05, 4.69) is 5.32 Å². The van der Waals surface area contributed by atoms with E-state index in [1.807, 2.05) is 98.1 Å². The standard InChI is InChI=1S/C30H36N4O3S.HI/c1-21(22-16-18-25(37-2)19-17-22)34(26(28(31)35)15-10-20-33-30(32)38-3)29(36)27(23-11-6-4-7-12-23)24-13-8-5-9-14-24;/h4-9,11-14,16-19,21,26-27H,10,15,20H2,1-3H3,(H2,31,35)(H2,32,33);1H/t21-,26-;/m1./s1. The highest BCUT2D eigenvalue weighted by atomic mass is 127. The van der Waals surface area contributed by atoms with Crippen LogP contribution in [0.5, 0.6) is 5.75 Å². The zero-order chi connectivity index (χ0) is 27.5. The Balaban J connectivity index is 0.00000533. The minimum Gasteiger partial charge on any atom is -0.497 e. The molecule has 0 saturated carbocycles. The van der Waals surface area contributed by atoms with Crippen LogP contribution in [0.2, 0.25) is 0 Å². The molecule has 0 aliphatic rings. The van der Waals surface area contributed by atoms with Crippen LogP contribution in [-0.4, -0.2) is 47.8 Å². The van der Waals surface area contributed by atoms with E-state index in [0.29, 0.717) is 30.3 Å². The Labute approximate surface area is 252 Å². The molecule has 2 amide bonds. The molecule has 0 aliphatic heterocycles. The Hall–Kier alpha value is -3.05. The first-order valence-electron chi connectivity index (χ1n) is 12.6. The zero-order valence-electron chi connectivity index (χ0n) is 22.5. The van der Waals surface area contributed by atoms with E-state index in [9.17, 15) is 9.59 Å². The third-order valence-electron chi connectivity index (χ3n) is 6.59. The van der Waals surface area contributed by atoms with Crippen LogP contribution in [0.15, 0.2) is 84.9 Å². The molecule has 0 unspecified atom stereocenters. The van der Waals surface area contributed by atoms with Crippen molar-refractivity contribution in [3.8, 4) is 5.75 Å². The van der Waals surface area contributed by atoms with E-state index in [1.165, 1.54) is 11.8 Å². The highest BCUT2D eigenvalue weighted by Crippen LogP contribution is 2.33. The Bertz CT molecular complexity index is 1160. The van der Waals surface area contributed by atoms with Crippen LogP contribution in [0.4, 0.5) is 0 Å². The van der Waals surface area contributed by atoms with E-state index in [1.54, 1.807) is 12.0 Å². The number of amides is 2. The first-order valence-corrected chi connectivity index (χ1v) is 13.8. The summed E-state index contributed by atoms with van der Waals surface area (Å²) in [7, 11) is 1.60. The second-order valence-electron chi connectivity index (χ2n) is 8.97. The molecule has 0 bridgehead atoms. The normalized spacial score (nSPS) is 12.1. The van der Waals surface area contributed by atoms with Gasteiger partial charge in [-0.15, -0.1) is 24.0 Å². The van der Waals surface area contributed by atoms with Crippen LogP contribution in [0.25, 0.3) is 0 Å². The molecule has 208 valence electrons. The van der Waals surface area contributed by atoms with Crippen LogP contribution in [0.3, 0.4) is 0 Å². The summed E-state index contributed by atoms with van der Waals surface area (Å²) in [5, 5.41) is 11.2. The van der Waals surface area contributed by atoms with Gasteiger partial charge in [-0.1, -0.05) is 84.6 Å². The molecule has 0 saturated heterocycles. The van der Waals surface area contributed by atoms with Gasteiger partial charge in [0, 0.05) is 6.54 Å². The van der Waals surface area contributed by atoms with Crippen LogP contribution >= 0.6 is 35.7 Å². The maximum Gasteiger partial charge on any atom is 0.240 e. The Morgan fingerprint density at radius 1 is 0.949 bits per heavy atom. The number of methoxy groups -OCH3 is 1. The number of benzene rings is 3. The summed E-state index contributed by atoms with van der Waals surface area (Å²) in [5.74, 6) is -0.653. The maximum atomic E-state index is 14.6. The van der Waals surface area contributed by atoms with Gasteiger partial charge in [0.2, 0.25) is 11.8 Å². The van der Waals surface area contributed by atoms with Gasteiger partial charge in [-0.05, 0) is 54.8 Å². The van der Waals surface area contributed by atoms with Crippen LogP contribution < -0.4 is 15.8 Å². The molecular formula is C30H37IN4O3S. The van der Waals surface area contributed by atoms with Crippen LogP contribution in [0.1, 0.15) is 48.4 Å². The second kappa shape index (κ2) is 16.1. The van der Waals surface area contributed by atoms with Gasteiger partial charge in [0.05, 0.1) is 19.1 Å². The number of ether oxygens (including phenoxy) is 1. The number of hydrogen-bond donors (Lipinski definition) is 3. The van der Waals surface area contributed by atoms with Crippen molar-refractivity contribution < 1.29 is 14.3 Å². The summed E-state index contributed by atoms with van der Waals surface area (Å²) in [6.45, 7) is 2.42. The molecule has 3 aromatic rings. The molecule has 0 aliphatic carbocycles. The fourth-order valence-corrected chi connectivity index (χ4v) is 4.81. The predicted molar refractivity (Wildman–Crippen MR) is 170 cm³/mol. The lowest BCUT2D eigenvalue weighted by molar-refractivity contribution is -0.142. The summed E-state index contributed by atoms with van der Waals surface area (Å²) in [5.41, 5.74) is 8.51. The van der Waals surface area contributed by atoms with Crippen molar-refractivity contribution in [2.24, 2.45) is 5.73 Å². The Morgan fingerprint density at radius 3 is 1.95 bits per heavy atom. The van der Waals surface area contributed by atoms with Gasteiger partial charge in [0.1, 0.15) is 11.8 Å². The summed E-state index contributed by atoms with van der Waals surface area (Å²) >= 11 is 1.31. The number of carbonyl (C=O) groups excluding carboxylic acids is 2. The summed E-state index contributed by atoms with van der Waals surface area (Å²) in [4.78, 5) is 29.1.